The van der Waals surface area contributed by atoms with Crippen LogP contribution in [-0.2, 0) is 4.74 Å². The molecular weight excluding hydrogens is 436 g/mol. The number of nitrogens with zero attached hydrogens (tertiary/aromatic N) is 4. The van der Waals surface area contributed by atoms with Crippen LogP contribution in [0.2, 0.25) is 0 Å². The minimum absolute atomic E-state index is 0.0538. The van der Waals surface area contributed by atoms with Gasteiger partial charge in [0.1, 0.15) is 22.8 Å². The van der Waals surface area contributed by atoms with Crippen LogP contribution in [0.15, 0.2) is 41.0 Å². The Morgan fingerprint density at radius 2 is 1.88 bits per heavy atom. The van der Waals surface area contributed by atoms with Crippen LogP contribution < -0.4 is 5.73 Å². The van der Waals surface area contributed by atoms with Gasteiger partial charge >= 0.3 is 0 Å². The lowest BCUT2D eigenvalue weighted by molar-refractivity contribution is 0.0321. The van der Waals surface area contributed by atoms with Gasteiger partial charge in [0.05, 0.1) is 29.1 Å². The quantitative estimate of drug-likeness (QED) is 0.543. The maximum atomic E-state index is 14.8. The van der Waals surface area contributed by atoms with Crippen molar-refractivity contribution in [2.75, 3.05) is 6.61 Å². The highest BCUT2D eigenvalue weighted by Gasteiger charge is 2.29. The normalized spacial score (nSPS) is 21.5. The number of aromatic nitrogens is 3. The molecule has 0 spiro atoms. The van der Waals surface area contributed by atoms with Crippen LogP contribution in [0.25, 0.3) is 22.3 Å². The summed E-state index contributed by atoms with van der Waals surface area (Å²) in [6, 6.07) is 5.83. The van der Waals surface area contributed by atoms with Gasteiger partial charge in [0, 0.05) is 47.8 Å². The number of benzene rings is 1. The van der Waals surface area contributed by atoms with Gasteiger partial charge in [-0.3, -0.25) is 4.99 Å². The van der Waals surface area contributed by atoms with Crippen LogP contribution in [-0.4, -0.2) is 39.9 Å². The molecule has 2 fully saturated rings. The molecule has 2 atom stereocenters. The maximum Gasteiger partial charge on any atom is 0.135 e. The maximum absolute atomic E-state index is 14.8. The molecule has 34 heavy (non-hydrogen) atoms. The van der Waals surface area contributed by atoms with Crippen LogP contribution in [0.4, 0.5) is 8.78 Å². The summed E-state index contributed by atoms with van der Waals surface area (Å²) < 4.78 is 34.4. The lowest BCUT2D eigenvalue weighted by Gasteiger charge is -2.30. The van der Waals surface area contributed by atoms with E-state index in [1.165, 1.54) is 12.1 Å². The standard InChI is InChI=1S/C26H27F2N5O/c1-14-15(2)32-26-23(31-14)11-22(33-25(26)20-6-3-18(27)10-21(20)28)16-7-8-34-24(9-16)17(12-29)13-30-19-4-5-19/h3,6,10-13,16,19,24H,4-5,7-9,29H2,1-2H3/b17-12+,30-13?/t16-,24+/m0/s1. The molecule has 6 nitrogen and oxygen atoms in total. The first-order valence-electron chi connectivity index (χ1n) is 11.6. The molecule has 2 aromatic heterocycles. The first kappa shape index (κ1) is 22.5. The van der Waals surface area contributed by atoms with Crippen LogP contribution in [0, 0.1) is 25.5 Å². The Morgan fingerprint density at radius 3 is 2.62 bits per heavy atom. The zero-order valence-electron chi connectivity index (χ0n) is 19.3. The second-order valence-corrected chi connectivity index (χ2v) is 9.04. The summed E-state index contributed by atoms with van der Waals surface area (Å²) in [5.41, 5.74) is 10.8. The van der Waals surface area contributed by atoms with E-state index in [0.29, 0.717) is 35.8 Å². The van der Waals surface area contributed by atoms with E-state index in [2.05, 4.69) is 9.98 Å². The predicted octanol–water partition coefficient (Wildman–Crippen LogP) is 4.93. The second-order valence-electron chi connectivity index (χ2n) is 9.04. The predicted molar refractivity (Wildman–Crippen MR) is 128 cm³/mol. The van der Waals surface area contributed by atoms with E-state index >= 15 is 0 Å². The molecule has 3 aromatic rings. The molecule has 8 heteroatoms. The SMILES string of the molecule is Cc1nc2cc([C@H]3CCO[C@@H](/C(C=NC4CC4)=C/N)C3)nc(-c3ccc(F)cc3F)c2nc1C. The first-order chi connectivity index (χ1) is 16.4. The Hall–Kier alpha value is -3.26. The summed E-state index contributed by atoms with van der Waals surface area (Å²) >= 11 is 0. The van der Waals surface area contributed by atoms with Crippen molar-refractivity contribution in [1.29, 1.82) is 0 Å². The van der Waals surface area contributed by atoms with Crippen molar-refractivity contribution in [3.05, 3.63) is 64.8 Å². The van der Waals surface area contributed by atoms with Crippen molar-refractivity contribution in [2.45, 2.75) is 57.6 Å². The average Bonchev–Trinajstić information content (AvgIpc) is 3.65. The fraction of sp³-hybridized carbons (Fsp3) is 0.385. The van der Waals surface area contributed by atoms with E-state index in [9.17, 15) is 8.78 Å². The third kappa shape index (κ3) is 4.55. The zero-order chi connectivity index (χ0) is 23.8. The number of ether oxygens (including phenoxy) is 1. The van der Waals surface area contributed by atoms with Crippen LogP contribution in [0.1, 0.15) is 48.7 Å². The molecule has 0 unspecified atom stereocenters. The van der Waals surface area contributed by atoms with E-state index in [4.69, 9.17) is 20.4 Å². The van der Waals surface area contributed by atoms with E-state index in [1.807, 2.05) is 26.1 Å². The van der Waals surface area contributed by atoms with Gasteiger partial charge in [-0.25, -0.2) is 23.7 Å². The highest BCUT2D eigenvalue weighted by Crippen LogP contribution is 2.36. The number of nitrogens with two attached hydrogens (primary N) is 1. The molecule has 0 amide bonds. The molecule has 2 N–H and O–H groups in total. The van der Waals surface area contributed by atoms with Crippen molar-refractivity contribution in [1.82, 2.24) is 15.0 Å². The molecule has 1 aromatic carbocycles. The smallest absolute Gasteiger partial charge is 0.135 e. The number of halogens is 2. The number of rotatable bonds is 5. The topological polar surface area (TPSA) is 86.3 Å². The molecule has 1 aliphatic carbocycles. The van der Waals surface area contributed by atoms with Gasteiger partial charge in [-0.05, 0) is 57.7 Å². The second kappa shape index (κ2) is 9.18. The van der Waals surface area contributed by atoms with E-state index in [0.717, 1.165) is 48.0 Å². The summed E-state index contributed by atoms with van der Waals surface area (Å²) in [7, 11) is 0. The number of pyridine rings is 1. The number of fused-ring (bicyclic) bond motifs is 1. The molecule has 1 saturated carbocycles. The molecule has 3 heterocycles. The number of hydrogen-bond acceptors (Lipinski definition) is 6. The van der Waals surface area contributed by atoms with Gasteiger partial charge < -0.3 is 10.5 Å². The molecule has 1 aliphatic heterocycles. The van der Waals surface area contributed by atoms with E-state index in [1.54, 1.807) is 6.20 Å². The van der Waals surface area contributed by atoms with Crippen LogP contribution in [0.5, 0.6) is 0 Å². The first-order valence-corrected chi connectivity index (χ1v) is 11.6. The Morgan fingerprint density at radius 1 is 1.09 bits per heavy atom. The van der Waals surface area contributed by atoms with Gasteiger partial charge in [-0.1, -0.05) is 0 Å². The number of hydrogen-bond donors (Lipinski definition) is 1. The van der Waals surface area contributed by atoms with Gasteiger partial charge in [0.15, 0.2) is 0 Å². The highest BCUT2D eigenvalue weighted by molar-refractivity contribution is 5.89. The fourth-order valence-corrected chi connectivity index (χ4v) is 4.27. The largest absolute Gasteiger partial charge is 0.404 e. The summed E-state index contributed by atoms with van der Waals surface area (Å²) in [5.74, 6) is -1.26. The lowest BCUT2D eigenvalue weighted by atomic mass is 9.89. The molecular formula is C26H27F2N5O. The molecule has 2 aliphatic rings. The monoisotopic (exact) mass is 463 g/mol. The zero-order valence-corrected chi connectivity index (χ0v) is 19.3. The molecule has 5 rings (SSSR count). The lowest BCUT2D eigenvalue weighted by Crippen LogP contribution is -2.28. The summed E-state index contributed by atoms with van der Waals surface area (Å²) in [6.07, 6.45) is 6.86. The summed E-state index contributed by atoms with van der Waals surface area (Å²) in [5, 5.41) is 0. The highest BCUT2D eigenvalue weighted by atomic mass is 19.1. The van der Waals surface area contributed by atoms with Crippen molar-refractivity contribution in [3.63, 3.8) is 0 Å². The number of aryl methyl sites for hydroxylation is 2. The van der Waals surface area contributed by atoms with E-state index in [-0.39, 0.29) is 17.6 Å². The van der Waals surface area contributed by atoms with Crippen molar-refractivity contribution in [3.8, 4) is 11.3 Å². The van der Waals surface area contributed by atoms with Crippen LogP contribution in [0.3, 0.4) is 0 Å². The molecule has 0 bridgehead atoms. The Kier molecular flexibility index (Phi) is 6.08. The van der Waals surface area contributed by atoms with Crippen molar-refractivity contribution >= 4 is 17.2 Å². The van der Waals surface area contributed by atoms with E-state index < -0.39 is 11.6 Å². The molecule has 0 radical (unpaired) electrons. The summed E-state index contributed by atoms with van der Waals surface area (Å²) in [4.78, 5) is 18.8. The third-order valence-electron chi connectivity index (χ3n) is 6.52. The summed E-state index contributed by atoms with van der Waals surface area (Å²) in [6.45, 7) is 4.29. The van der Waals surface area contributed by atoms with Gasteiger partial charge in [0.2, 0.25) is 0 Å². The Bertz CT molecular complexity index is 1300. The molecule has 1 saturated heterocycles. The van der Waals surface area contributed by atoms with Crippen molar-refractivity contribution < 1.29 is 13.5 Å². The van der Waals surface area contributed by atoms with Gasteiger partial charge in [0.25, 0.3) is 0 Å². The fourth-order valence-electron chi connectivity index (χ4n) is 4.27. The Balaban J connectivity index is 1.56. The third-order valence-corrected chi connectivity index (χ3v) is 6.52. The Labute approximate surface area is 197 Å². The molecule has 176 valence electrons. The minimum Gasteiger partial charge on any atom is -0.404 e. The van der Waals surface area contributed by atoms with Gasteiger partial charge in [-0.2, -0.15) is 0 Å². The van der Waals surface area contributed by atoms with Crippen molar-refractivity contribution in [2.24, 2.45) is 10.7 Å². The average molecular weight is 464 g/mol. The number of aliphatic imine (C=N–C) groups is 1. The minimum atomic E-state index is -0.680. The van der Waals surface area contributed by atoms with Gasteiger partial charge in [-0.15, -0.1) is 0 Å². The van der Waals surface area contributed by atoms with Crippen LogP contribution >= 0.6 is 0 Å².